The summed E-state index contributed by atoms with van der Waals surface area (Å²) in [5.74, 6) is 1.20. The second-order valence-electron chi connectivity index (χ2n) is 7.62. The van der Waals surface area contributed by atoms with Crippen molar-refractivity contribution in [3.05, 3.63) is 42.2 Å². The van der Waals surface area contributed by atoms with E-state index < -0.39 is 10.2 Å². The number of rotatable bonds is 10. The molecular weight excluding hydrogens is 470 g/mol. The third-order valence-electron chi connectivity index (χ3n) is 5.34. The first-order valence-corrected chi connectivity index (χ1v) is 13.2. The predicted octanol–water partition coefficient (Wildman–Crippen LogP) is 4.73. The van der Waals surface area contributed by atoms with Crippen molar-refractivity contribution < 1.29 is 22.4 Å². The lowest BCUT2D eigenvalue weighted by Crippen LogP contribution is -2.33. The SMILES string of the molecule is CC.CCOc1noc2cc(OCCCCCN3CCN(c4ccnc(C)c4)S3(=O)=O)ccc12.N. The lowest BCUT2D eigenvalue weighted by atomic mass is 10.2. The van der Waals surface area contributed by atoms with E-state index in [4.69, 9.17) is 14.0 Å². The zero-order valence-corrected chi connectivity index (χ0v) is 21.9. The molecule has 0 aliphatic carbocycles. The molecule has 10 nitrogen and oxygen atoms in total. The molecule has 0 bridgehead atoms. The fourth-order valence-corrected chi connectivity index (χ4v) is 5.37. The van der Waals surface area contributed by atoms with E-state index >= 15 is 0 Å². The molecule has 0 unspecified atom stereocenters. The largest absolute Gasteiger partial charge is 0.493 e. The molecule has 1 aliphatic heterocycles. The molecule has 35 heavy (non-hydrogen) atoms. The number of aryl methyl sites for hydroxylation is 1. The Labute approximate surface area is 208 Å². The van der Waals surface area contributed by atoms with Crippen LogP contribution in [0, 0.1) is 6.92 Å². The monoisotopic (exact) mass is 507 g/mol. The van der Waals surface area contributed by atoms with Crippen LogP contribution in [0.25, 0.3) is 11.0 Å². The second kappa shape index (κ2) is 13.3. The summed E-state index contributed by atoms with van der Waals surface area (Å²) in [4.78, 5) is 4.14. The van der Waals surface area contributed by atoms with Gasteiger partial charge in [-0.1, -0.05) is 13.8 Å². The average Bonchev–Trinajstić information content (AvgIpc) is 3.37. The van der Waals surface area contributed by atoms with Gasteiger partial charge in [0.15, 0.2) is 5.58 Å². The number of benzene rings is 1. The van der Waals surface area contributed by atoms with Gasteiger partial charge in [0, 0.05) is 37.6 Å². The summed E-state index contributed by atoms with van der Waals surface area (Å²) in [6.07, 6.45) is 4.13. The predicted molar refractivity (Wildman–Crippen MR) is 138 cm³/mol. The van der Waals surface area contributed by atoms with Gasteiger partial charge in [-0.2, -0.15) is 12.7 Å². The highest BCUT2D eigenvalue weighted by molar-refractivity contribution is 7.90. The minimum absolute atomic E-state index is 0. The van der Waals surface area contributed by atoms with Crippen molar-refractivity contribution in [1.82, 2.24) is 20.6 Å². The van der Waals surface area contributed by atoms with Crippen LogP contribution in [0.15, 0.2) is 41.1 Å². The van der Waals surface area contributed by atoms with E-state index in [1.807, 2.05) is 39.8 Å². The van der Waals surface area contributed by atoms with E-state index in [-0.39, 0.29) is 6.15 Å². The van der Waals surface area contributed by atoms with Crippen LogP contribution in [0.2, 0.25) is 0 Å². The zero-order chi connectivity index (χ0) is 24.6. The van der Waals surface area contributed by atoms with Gasteiger partial charge in [0.2, 0.25) is 0 Å². The van der Waals surface area contributed by atoms with Gasteiger partial charge in [-0.05, 0) is 62.5 Å². The van der Waals surface area contributed by atoms with Gasteiger partial charge >= 0.3 is 10.2 Å². The normalized spacial score (nSPS) is 14.8. The minimum atomic E-state index is -3.48. The Bertz CT molecular complexity index is 1170. The molecule has 0 amide bonds. The second-order valence-corrected chi connectivity index (χ2v) is 9.48. The van der Waals surface area contributed by atoms with Crippen LogP contribution in [0.1, 0.15) is 45.7 Å². The van der Waals surface area contributed by atoms with Gasteiger partial charge in [0.25, 0.3) is 5.88 Å². The number of hydrogen-bond acceptors (Lipinski definition) is 8. The maximum absolute atomic E-state index is 12.8. The molecule has 2 aromatic heterocycles. The Kier molecular flexibility index (Phi) is 10.7. The van der Waals surface area contributed by atoms with Crippen LogP contribution in [-0.4, -0.2) is 55.7 Å². The average molecular weight is 508 g/mol. The van der Waals surface area contributed by atoms with Crippen molar-refractivity contribution in [1.29, 1.82) is 0 Å². The molecule has 0 spiro atoms. The molecule has 194 valence electrons. The Hall–Kier alpha value is -2.89. The van der Waals surface area contributed by atoms with E-state index in [0.29, 0.717) is 55.7 Å². The fourth-order valence-electron chi connectivity index (χ4n) is 3.73. The summed E-state index contributed by atoms with van der Waals surface area (Å²) >= 11 is 0. The van der Waals surface area contributed by atoms with E-state index in [2.05, 4.69) is 10.1 Å². The van der Waals surface area contributed by atoms with Gasteiger partial charge in [0.1, 0.15) is 5.75 Å². The van der Waals surface area contributed by atoms with Gasteiger partial charge in [-0.15, -0.1) is 0 Å². The smallest absolute Gasteiger partial charge is 0.304 e. The van der Waals surface area contributed by atoms with E-state index in [0.717, 1.165) is 30.3 Å². The Morgan fingerprint density at radius 2 is 1.86 bits per heavy atom. The number of pyridine rings is 1. The molecule has 1 fully saturated rings. The molecular formula is C24H37N5O5S. The van der Waals surface area contributed by atoms with Crippen molar-refractivity contribution in [3.63, 3.8) is 0 Å². The summed E-state index contributed by atoms with van der Waals surface area (Å²) in [5, 5.41) is 4.73. The summed E-state index contributed by atoms with van der Waals surface area (Å²) in [6, 6.07) is 9.08. The van der Waals surface area contributed by atoms with Crippen molar-refractivity contribution in [3.8, 4) is 11.6 Å². The van der Waals surface area contributed by atoms with E-state index in [9.17, 15) is 8.42 Å². The molecule has 1 saturated heterocycles. The number of fused-ring (bicyclic) bond motifs is 1. The van der Waals surface area contributed by atoms with Crippen molar-refractivity contribution >= 4 is 26.9 Å². The zero-order valence-electron chi connectivity index (χ0n) is 21.1. The maximum atomic E-state index is 12.8. The summed E-state index contributed by atoms with van der Waals surface area (Å²) in [7, 11) is -3.48. The van der Waals surface area contributed by atoms with Crippen LogP contribution in [0.4, 0.5) is 5.69 Å². The maximum Gasteiger partial charge on any atom is 0.304 e. The third kappa shape index (κ3) is 6.83. The topological polar surface area (TPSA) is 133 Å². The third-order valence-corrected chi connectivity index (χ3v) is 7.31. The number of aromatic nitrogens is 2. The van der Waals surface area contributed by atoms with E-state index in [1.54, 1.807) is 28.7 Å². The van der Waals surface area contributed by atoms with Crippen LogP contribution < -0.4 is 19.9 Å². The molecule has 0 atom stereocenters. The number of hydrogen-bond donors (Lipinski definition) is 1. The molecule has 4 rings (SSSR count). The van der Waals surface area contributed by atoms with Crippen molar-refractivity contribution in [2.45, 2.75) is 47.0 Å². The highest BCUT2D eigenvalue weighted by atomic mass is 32.2. The Morgan fingerprint density at radius 3 is 2.60 bits per heavy atom. The first-order chi connectivity index (χ1) is 16.5. The first-order valence-electron chi connectivity index (χ1n) is 11.8. The summed E-state index contributed by atoms with van der Waals surface area (Å²) < 4.78 is 45.2. The minimum Gasteiger partial charge on any atom is -0.493 e. The Balaban J connectivity index is 0.00000140. The quantitative estimate of drug-likeness (QED) is 0.389. The molecule has 3 N–H and O–H groups in total. The van der Waals surface area contributed by atoms with Crippen LogP contribution >= 0.6 is 0 Å². The van der Waals surface area contributed by atoms with Crippen LogP contribution in [0.5, 0.6) is 11.6 Å². The number of ether oxygens (including phenoxy) is 2. The standard InChI is InChI=1S/C22H28N4O5S.C2H6.H3N/c1-3-29-22-20-8-7-19(16-21(20)31-24-22)30-14-6-4-5-11-25-12-13-26(32(25,27)28)18-9-10-23-17(2)15-18;1-2;/h7-10,15-16H,3-6,11-14H2,1-2H3;1-2H3;1H3. The van der Waals surface area contributed by atoms with E-state index in [1.165, 1.54) is 4.31 Å². The fraction of sp³-hybridized carbons (Fsp3) is 0.500. The summed E-state index contributed by atoms with van der Waals surface area (Å²) in [6.45, 7) is 10.3. The molecule has 1 aromatic carbocycles. The van der Waals surface area contributed by atoms with Gasteiger partial charge in [-0.25, -0.2) is 0 Å². The highest BCUT2D eigenvalue weighted by Crippen LogP contribution is 2.28. The molecule has 0 saturated carbocycles. The van der Waals surface area contributed by atoms with Crippen LogP contribution in [-0.2, 0) is 10.2 Å². The highest BCUT2D eigenvalue weighted by Gasteiger charge is 2.36. The number of unbranched alkanes of at least 4 members (excludes halogenated alkanes) is 2. The van der Waals surface area contributed by atoms with Gasteiger partial charge in [-0.3, -0.25) is 9.29 Å². The molecule has 3 heterocycles. The molecule has 0 radical (unpaired) electrons. The van der Waals surface area contributed by atoms with Crippen molar-refractivity contribution in [2.24, 2.45) is 0 Å². The lowest BCUT2D eigenvalue weighted by Gasteiger charge is -2.20. The number of nitrogens with zero attached hydrogens (tertiary/aromatic N) is 4. The molecule has 3 aromatic rings. The van der Waals surface area contributed by atoms with Gasteiger partial charge in [0.05, 0.1) is 24.3 Å². The van der Waals surface area contributed by atoms with Gasteiger partial charge < -0.3 is 20.1 Å². The first kappa shape index (κ1) is 28.3. The number of anilines is 1. The summed E-state index contributed by atoms with van der Waals surface area (Å²) in [5.41, 5.74) is 2.10. The lowest BCUT2D eigenvalue weighted by molar-refractivity contribution is 0.298. The molecule has 1 aliphatic rings. The Morgan fingerprint density at radius 1 is 1.06 bits per heavy atom. The van der Waals surface area contributed by atoms with Crippen LogP contribution in [0.3, 0.4) is 0 Å². The van der Waals surface area contributed by atoms with Crippen molar-refractivity contribution in [2.75, 3.05) is 37.2 Å². The molecule has 11 heteroatoms.